The Balaban J connectivity index is 4.14. The number of hydrogen-bond acceptors (Lipinski definition) is 6. The largest absolute Gasteiger partial charge is 0.462 e. The van der Waals surface area contributed by atoms with Gasteiger partial charge in [-0.25, -0.2) is 0 Å². The zero-order chi connectivity index (χ0) is 50.7. The lowest BCUT2D eigenvalue weighted by Gasteiger charge is -2.18. The van der Waals surface area contributed by atoms with Gasteiger partial charge in [0.15, 0.2) is 6.10 Å². The summed E-state index contributed by atoms with van der Waals surface area (Å²) in [6, 6.07) is 0. The van der Waals surface area contributed by atoms with Crippen molar-refractivity contribution >= 4 is 17.9 Å². The van der Waals surface area contributed by atoms with Crippen LogP contribution in [-0.4, -0.2) is 37.2 Å². The lowest BCUT2D eigenvalue weighted by molar-refractivity contribution is -0.167. The average molecular weight is 986 g/mol. The molecule has 0 spiro atoms. The molecule has 0 aliphatic rings. The molecule has 0 fully saturated rings. The Labute approximate surface area is 436 Å². The van der Waals surface area contributed by atoms with Crippen molar-refractivity contribution in [3.8, 4) is 0 Å². The monoisotopic (exact) mass is 985 g/mol. The summed E-state index contributed by atoms with van der Waals surface area (Å²) in [6.45, 7) is 6.66. The molecule has 0 aromatic carbocycles. The van der Waals surface area contributed by atoms with Crippen molar-refractivity contribution in [1.29, 1.82) is 0 Å². The van der Waals surface area contributed by atoms with Gasteiger partial charge in [-0.05, 0) is 70.6 Å². The van der Waals surface area contributed by atoms with Crippen LogP contribution in [0.1, 0.15) is 348 Å². The second-order valence-electron chi connectivity index (χ2n) is 21.3. The van der Waals surface area contributed by atoms with Crippen LogP contribution >= 0.6 is 0 Å². The van der Waals surface area contributed by atoms with Gasteiger partial charge < -0.3 is 14.2 Å². The molecule has 0 aliphatic carbocycles. The van der Waals surface area contributed by atoms with E-state index < -0.39 is 6.10 Å². The first-order valence-electron chi connectivity index (χ1n) is 31.3. The Morgan fingerprint density at radius 3 is 0.729 bits per heavy atom. The molecule has 1 unspecified atom stereocenters. The molecule has 0 aromatic heterocycles. The Kier molecular flexibility index (Phi) is 57.7. The van der Waals surface area contributed by atoms with Crippen LogP contribution in [0.15, 0.2) is 24.3 Å². The maximum absolute atomic E-state index is 12.8. The van der Waals surface area contributed by atoms with E-state index in [-0.39, 0.29) is 31.1 Å². The number of unbranched alkanes of at least 4 members (excludes halogenated alkanes) is 43. The summed E-state index contributed by atoms with van der Waals surface area (Å²) < 4.78 is 16.9. The van der Waals surface area contributed by atoms with Gasteiger partial charge in [0.2, 0.25) is 0 Å². The van der Waals surface area contributed by atoms with Crippen molar-refractivity contribution in [1.82, 2.24) is 0 Å². The summed E-state index contributed by atoms with van der Waals surface area (Å²) in [6.07, 6.45) is 70.5. The molecular formula is C64H120O6. The van der Waals surface area contributed by atoms with Gasteiger partial charge in [-0.1, -0.05) is 283 Å². The molecule has 412 valence electrons. The maximum atomic E-state index is 12.8. The van der Waals surface area contributed by atoms with Crippen molar-refractivity contribution in [3.05, 3.63) is 24.3 Å². The van der Waals surface area contributed by atoms with E-state index >= 15 is 0 Å². The van der Waals surface area contributed by atoms with Crippen LogP contribution in [0.2, 0.25) is 0 Å². The first-order chi connectivity index (χ1) is 34.5. The zero-order valence-corrected chi connectivity index (χ0v) is 47.3. The lowest BCUT2D eigenvalue weighted by atomic mass is 10.0. The molecule has 0 amide bonds. The van der Waals surface area contributed by atoms with Gasteiger partial charge in [-0.2, -0.15) is 0 Å². The van der Waals surface area contributed by atoms with Crippen molar-refractivity contribution in [2.45, 2.75) is 354 Å². The second kappa shape index (κ2) is 59.5. The van der Waals surface area contributed by atoms with Gasteiger partial charge in [-0.15, -0.1) is 0 Å². The van der Waals surface area contributed by atoms with Gasteiger partial charge in [0.05, 0.1) is 0 Å². The molecule has 0 radical (unpaired) electrons. The van der Waals surface area contributed by atoms with Gasteiger partial charge in [0.1, 0.15) is 13.2 Å². The van der Waals surface area contributed by atoms with E-state index in [0.717, 1.165) is 64.2 Å². The first-order valence-corrected chi connectivity index (χ1v) is 31.3. The molecule has 70 heavy (non-hydrogen) atoms. The van der Waals surface area contributed by atoms with Crippen molar-refractivity contribution < 1.29 is 28.6 Å². The normalized spacial score (nSPS) is 12.1. The minimum Gasteiger partial charge on any atom is -0.462 e. The van der Waals surface area contributed by atoms with Gasteiger partial charge >= 0.3 is 17.9 Å². The molecule has 0 heterocycles. The number of hydrogen-bond donors (Lipinski definition) is 0. The number of esters is 3. The number of carbonyl (C=O) groups excluding carboxylic acids is 3. The first kappa shape index (κ1) is 67.9. The summed E-state index contributed by atoms with van der Waals surface area (Å²) in [4.78, 5) is 38.1. The van der Waals surface area contributed by atoms with Crippen LogP contribution < -0.4 is 0 Å². The molecule has 0 bridgehead atoms. The third kappa shape index (κ3) is 56.8. The predicted molar refractivity (Wildman–Crippen MR) is 303 cm³/mol. The predicted octanol–water partition coefficient (Wildman–Crippen LogP) is 21.1. The van der Waals surface area contributed by atoms with Crippen LogP contribution in [0, 0.1) is 0 Å². The second-order valence-corrected chi connectivity index (χ2v) is 21.3. The van der Waals surface area contributed by atoms with E-state index in [0.29, 0.717) is 19.3 Å². The quantitative estimate of drug-likeness (QED) is 0.0261. The highest BCUT2D eigenvalue weighted by molar-refractivity contribution is 5.71. The molecule has 0 aromatic rings. The third-order valence-electron chi connectivity index (χ3n) is 14.2. The Morgan fingerprint density at radius 2 is 0.471 bits per heavy atom. The SMILES string of the molecule is CCCCCC/C=C\CCCCCCCC(=O)OC(COC(=O)CCCCCCCCCCCCCC)COC(=O)CCCCCCCCCCCCCCCCC/C=C\CCCCCCCCCC. The van der Waals surface area contributed by atoms with E-state index in [1.165, 1.54) is 244 Å². The van der Waals surface area contributed by atoms with Gasteiger partial charge in [-0.3, -0.25) is 14.4 Å². The molecular weight excluding hydrogens is 865 g/mol. The fraction of sp³-hybridized carbons (Fsp3) is 0.891. The molecule has 0 aliphatic heterocycles. The van der Waals surface area contributed by atoms with Crippen LogP contribution in [0.25, 0.3) is 0 Å². The molecule has 6 heteroatoms. The van der Waals surface area contributed by atoms with Crippen LogP contribution in [0.3, 0.4) is 0 Å². The van der Waals surface area contributed by atoms with Gasteiger partial charge in [0, 0.05) is 19.3 Å². The summed E-state index contributed by atoms with van der Waals surface area (Å²) >= 11 is 0. The summed E-state index contributed by atoms with van der Waals surface area (Å²) in [7, 11) is 0. The number of allylic oxidation sites excluding steroid dienone is 4. The molecule has 1 atom stereocenters. The highest BCUT2D eigenvalue weighted by Gasteiger charge is 2.19. The lowest BCUT2D eigenvalue weighted by Crippen LogP contribution is -2.30. The summed E-state index contributed by atoms with van der Waals surface area (Å²) in [5.41, 5.74) is 0. The standard InChI is InChI=1S/C64H120O6/c1-4-7-10-13-16-19-22-25-26-27-28-29-30-31-32-33-34-35-36-37-38-40-42-45-48-51-54-57-63(66)69-60-61(59-68-62(65)56-53-50-47-44-41-24-21-18-15-12-9-6-3)70-64(67)58-55-52-49-46-43-39-23-20-17-14-11-8-5-2/h20,23,27-28,61H,4-19,21-22,24-26,29-60H2,1-3H3/b23-20-,28-27-. The van der Waals surface area contributed by atoms with Crippen LogP contribution in [-0.2, 0) is 28.6 Å². The van der Waals surface area contributed by atoms with Crippen LogP contribution in [0.4, 0.5) is 0 Å². The molecule has 0 saturated carbocycles. The van der Waals surface area contributed by atoms with Crippen molar-refractivity contribution in [2.75, 3.05) is 13.2 Å². The topological polar surface area (TPSA) is 78.9 Å². The number of rotatable bonds is 58. The minimum atomic E-state index is -0.771. The molecule has 0 rings (SSSR count). The zero-order valence-electron chi connectivity index (χ0n) is 47.3. The van der Waals surface area contributed by atoms with Gasteiger partial charge in [0.25, 0.3) is 0 Å². The van der Waals surface area contributed by atoms with E-state index in [1.807, 2.05) is 0 Å². The Bertz CT molecular complexity index is 1130. The molecule has 6 nitrogen and oxygen atoms in total. The van der Waals surface area contributed by atoms with Crippen molar-refractivity contribution in [3.63, 3.8) is 0 Å². The number of carbonyl (C=O) groups is 3. The molecule has 0 saturated heterocycles. The fourth-order valence-electron chi connectivity index (χ4n) is 9.44. The number of ether oxygens (including phenoxy) is 3. The average Bonchev–Trinajstić information content (AvgIpc) is 3.36. The Morgan fingerprint density at radius 1 is 0.271 bits per heavy atom. The van der Waals surface area contributed by atoms with Crippen LogP contribution in [0.5, 0.6) is 0 Å². The van der Waals surface area contributed by atoms with E-state index in [4.69, 9.17) is 14.2 Å². The van der Waals surface area contributed by atoms with E-state index in [2.05, 4.69) is 45.1 Å². The minimum absolute atomic E-state index is 0.0695. The Hall–Kier alpha value is -2.11. The van der Waals surface area contributed by atoms with E-state index in [9.17, 15) is 14.4 Å². The summed E-state index contributed by atoms with van der Waals surface area (Å²) in [5.74, 6) is -0.857. The summed E-state index contributed by atoms with van der Waals surface area (Å²) in [5, 5.41) is 0. The molecule has 0 N–H and O–H groups in total. The maximum Gasteiger partial charge on any atom is 0.306 e. The highest BCUT2D eigenvalue weighted by Crippen LogP contribution is 2.17. The van der Waals surface area contributed by atoms with E-state index in [1.54, 1.807) is 0 Å². The smallest absolute Gasteiger partial charge is 0.306 e. The fourth-order valence-corrected chi connectivity index (χ4v) is 9.44. The van der Waals surface area contributed by atoms with Crippen molar-refractivity contribution in [2.24, 2.45) is 0 Å². The third-order valence-corrected chi connectivity index (χ3v) is 14.2. The highest BCUT2D eigenvalue weighted by atomic mass is 16.6.